The third-order valence-electron chi connectivity index (χ3n) is 1.70. The number of benzene rings is 1. The summed E-state index contributed by atoms with van der Waals surface area (Å²) in [5.74, 6) is -0.562. The van der Waals surface area contributed by atoms with Gasteiger partial charge in [-0.15, -0.1) is 0 Å². The van der Waals surface area contributed by atoms with Gasteiger partial charge in [-0.05, 0) is 19.1 Å². The number of nitrogens with two attached hydrogens (primary N) is 1. The highest BCUT2D eigenvalue weighted by atomic mass is 16.5. The highest BCUT2D eigenvalue weighted by Crippen LogP contribution is 2.14. The summed E-state index contributed by atoms with van der Waals surface area (Å²) >= 11 is 0. The zero-order valence-electron chi connectivity index (χ0n) is 7.78. The number of ether oxygens (including phenoxy) is 1. The topological polar surface area (TPSA) is 76.1 Å². The fourth-order valence-corrected chi connectivity index (χ4v) is 1.02. The van der Waals surface area contributed by atoms with Crippen LogP contribution in [-0.4, -0.2) is 12.6 Å². The number of nitrogens with zero attached hydrogens (tertiary/aromatic N) is 1. The number of nitriles is 1. The number of anilines is 1. The van der Waals surface area contributed by atoms with Crippen LogP contribution >= 0.6 is 0 Å². The summed E-state index contributed by atoms with van der Waals surface area (Å²) in [5.41, 5.74) is 7.16. The molecule has 2 N–H and O–H groups in total. The summed E-state index contributed by atoms with van der Waals surface area (Å²) in [6.07, 6.45) is 0. The molecular formula is C10H10N2O2. The van der Waals surface area contributed by atoms with E-state index in [1.165, 1.54) is 0 Å². The van der Waals surface area contributed by atoms with Crippen molar-refractivity contribution >= 4 is 11.7 Å². The zero-order valence-corrected chi connectivity index (χ0v) is 7.78. The molecule has 0 unspecified atom stereocenters. The van der Waals surface area contributed by atoms with Gasteiger partial charge in [0, 0.05) is 5.69 Å². The molecule has 0 aliphatic heterocycles. The van der Waals surface area contributed by atoms with Crippen molar-refractivity contribution in [3.05, 3.63) is 29.3 Å². The van der Waals surface area contributed by atoms with Crippen LogP contribution in [0.3, 0.4) is 0 Å². The Morgan fingerprint density at radius 2 is 2.36 bits per heavy atom. The summed E-state index contributed by atoms with van der Waals surface area (Å²) in [6, 6.07) is 6.79. The van der Waals surface area contributed by atoms with Crippen molar-refractivity contribution in [1.29, 1.82) is 5.26 Å². The average molecular weight is 190 g/mol. The van der Waals surface area contributed by atoms with Crippen molar-refractivity contribution in [2.75, 3.05) is 12.3 Å². The van der Waals surface area contributed by atoms with Gasteiger partial charge in [-0.25, -0.2) is 4.79 Å². The second-order valence-corrected chi connectivity index (χ2v) is 2.82. The normalized spacial score (nSPS) is 9.14. The lowest BCUT2D eigenvalue weighted by atomic mass is 10.1. The maximum atomic E-state index is 11.3. The number of hydrogen-bond donors (Lipinski definition) is 1. The first-order valence-electron chi connectivity index (χ1n) is 4.05. The van der Waals surface area contributed by atoms with Crippen LogP contribution in [0.25, 0.3) is 0 Å². The third-order valence-corrected chi connectivity index (χ3v) is 1.70. The van der Waals surface area contributed by atoms with Gasteiger partial charge < -0.3 is 10.5 Å². The highest BCUT2D eigenvalue weighted by molar-refractivity contribution is 5.95. The third kappa shape index (κ3) is 2.23. The van der Waals surface area contributed by atoms with E-state index in [1.807, 2.05) is 6.92 Å². The largest absolute Gasteiger partial charge is 0.447 e. The van der Waals surface area contributed by atoms with Crippen LogP contribution in [0.4, 0.5) is 5.69 Å². The molecule has 1 aromatic rings. The van der Waals surface area contributed by atoms with Gasteiger partial charge in [0.1, 0.15) is 6.07 Å². The van der Waals surface area contributed by atoms with Gasteiger partial charge in [0.25, 0.3) is 0 Å². The number of rotatable bonds is 2. The Morgan fingerprint density at radius 1 is 1.64 bits per heavy atom. The maximum absolute atomic E-state index is 11.3. The molecule has 14 heavy (non-hydrogen) atoms. The summed E-state index contributed by atoms with van der Waals surface area (Å²) < 4.78 is 4.63. The monoisotopic (exact) mass is 190 g/mol. The van der Waals surface area contributed by atoms with Gasteiger partial charge >= 0.3 is 5.97 Å². The molecule has 1 aromatic carbocycles. The SMILES string of the molecule is Cc1ccc(N)c(C(=O)OCC#N)c1. The molecule has 0 amide bonds. The second-order valence-electron chi connectivity index (χ2n) is 2.82. The molecule has 1 rings (SSSR count). The summed E-state index contributed by atoms with van der Waals surface area (Å²) in [5, 5.41) is 8.23. The molecular weight excluding hydrogens is 180 g/mol. The van der Waals surface area contributed by atoms with Crippen molar-refractivity contribution in [2.24, 2.45) is 0 Å². The summed E-state index contributed by atoms with van der Waals surface area (Å²) in [4.78, 5) is 11.3. The van der Waals surface area contributed by atoms with Crippen molar-refractivity contribution in [2.45, 2.75) is 6.92 Å². The fraction of sp³-hybridized carbons (Fsp3) is 0.200. The first-order valence-corrected chi connectivity index (χ1v) is 4.05. The summed E-state index contributed by atoms with van der Waals surface area (Å²) in [6.45, 7) is 1.59. The van der Waals surface area contributed by atoms with E-state index in [1.54, 1.807) is 24.3 Å². The van der Waals surface area contributed by atoms with E-state index in [4.69, 9.17) is 11.0 Å². The number of carbonyl (C=O) groups excluding carboxylic acids is 1. The second kappa shape index (κ2) is 4.28. The smallest absolute Gasteiger partial charge is 0.341 e. The van der Waals surface area contributed by atoms with E-state index in [-0.39, 0.29) is 6.61 Å². The molecule has 0 saturated heterocycles. The molecule has 72 valence electrons. The lowest BCUT2D eigenvalue weighted by Gasteiger charge is -2.04. The van der Waals surface area contributed by atoms with Gasteiger partial charge in [0.05, 0.1) is 5.56 Å². The van der Waals surface area contributed by atoms with E-state index in [2.05, 4.69) is 4.74 Å². The van der Waals surface area contributed by atoms with Crippen LogP contribution in [0, 0.1) is 18.3 Å². The first-order chi connectivity index (χ1) is 6.65. The first kappa shape index (κ1) is 10.1. The van der Waals surface area contributed by atoms with Gasteiger partial charge in [-0.1, -0.05) is 11.6 Å². The Morgan fingerprint density at radius 3 is 3.00 bits per heavy atom. The summed E-state index contributed by atoms with van der Waals surface area (Å²) in [7, 11) is 0. The molecule has 0 bridgehead atoms. The Labute approximate surface area is 81.9 Å². The molecule has 4 nitrogen and oxygen atoms in total. The standard InChI is InChI=1S/C10H10N2O2/c1-7-2-3-9(12)8(6-7)10(13)14-5-4-11/h2-3,6H,5,12H2,1H3. The molecule has 0 heterocycles. The van der Waals surface area contributed by atoms with Crippen molar-refractivity contribution in [3.8, 4) is 6.07 Å². The highest BCUT2D eigenvalue weighted by Gasteiger charge is 2.10. The molecule has 0 spiro atoms. The minimum atomic E-state index is -0.562. The Bertz CT molecular complexity index is 394. The van der Waals surface area contributed by atoms with Crippen LogP contribution in [0.2, 0.25) is 0 Å². The van der Waals surface area contributed by atoms with Crippen LogP contribution in [0.1, 0.15) is 15.9 Å². The quantitative estimate of drug-likeness (QED) is 0.562. The van der Waals surface area contributed by atoms with Gasteiger partial charge in [0.2, 0.25) is 0 Å². The number of esters is 1. The van der Waals surface area contributed by atoms with Gasteiger partial charge in [-0.2, -0.15) is 5.26 Å². The van der Waals surface area contributed by atoms with E-state index in [9.17, 15) is 4.79 Å². The van der Waals surface area contributed by atoms with Crippen LogP contribution < -0.4 is 5.73 Å². The van der Waals surface area contributed by atoms with Crippen LogP contribution in [0.15, 0.2) is 18.2 Å². The number of aryl methyl sites for hydroxylation is 1. The zero-order chi connectivity index (χ0) is 10.6. The van der Waals surface area contributed by atoms with Crippen molar-refractivity contribution in [3.63, 3.8) is 0 Å². The molecule has 0 aliphatic carbocycles. The van der Waals surface area contributed by atoms with E-state index >= 15 is 0 Å². The minimum Gasteiger partial charge on any atom is -0.447 e. The maximum Gasteiger partial charge on any atom is 0.341 e. The van der Waals surface area contributed by atoms with Crippen molar-refractivity contribution < 1.29 is 9.53 Å². The molecule has 0 saturated carbocycles. The van der Waals surface area contributed by atoms with Crippen LogP contribution in [0.5, 0.6) is 0 Å². The molecule has 0 radical (unpaired) electrons. The predicted octanol–water partition coefficient (Wildman–Crippen LogP) is 1.26. The molecule has 0 atom stereocenters. The number of carbonyl (C=O) groups is 1. The lowest BCUT2D eigenvalue weighted by molar-refractivity contribution is 0.0556. The van der Waals surface area contributed by atoms with E-state index in [0.29, 0.717) is 11.3 Å². The average Bonchev–Trinajstić information content (AvgIpc) is 2.18. The van der Waals surface area contributed by atoms with Crippen molar-refractivity contribution in [1.82, 2.24) is 0 Å². The number of nitrogen functional groups attached to an aromatic ring is 1. The molecule has 4 heteroatoms. The molecule has 0 aromatic heterocycles. The molecule has 0 aliphatic rings. The Balaban J connectivity index is 2.90. The lowest BCUT2D eigenvalue weighted by Crippen LogP contribution is -2.08. The van der Waals surface area contributed by atoms with Gasteiger partial charge in [-0.3, -0.25) is 0 Å². The van der Waals surface area contributed by atoms with Gasteiger partial charge in [0.15, 0.2) is 6.61 Å². The molecule has 0 fully saturated rings. The Hall–Kier alpha value is -2.02. The van der Waals surface area contributed by atoms with E-state index in [0.717, 1.165) is 5.56 Å². The fourth-order valence-electron chi connectivity index (χ4n) is 1.02. The Kier molecular flexibility index (Phi) is 3.08. The minimum absolute atomic E-state index is 0.258. The van der Waals surface area contributed by atoms with Crippen LogP contribution in [-0.2, 0) is 4.74 Å². The number of hydrogen-bond acceptors (Lipinski definition) is 4. The van der Waals surface area contributed by atoms with E-state index < -0.39 is 5.97 Å². The predicted molar refractivity (Wildman–Crippen MR) is 51.5 cm³/mol.